The van der Waals surface area contributed by atoms with Crippen LogP contribution in [0.5, 0.6) is 0 Å². The van der Waals surface area contributed by atoms with Crippen molar-refractivity contribution in [1.29, 1.82) is 0 Å². The van der Waals surface area contributed by atoms with Gasteiger partial charge in [0.1, 0.15) is 0 Å². The lowest BCUT2D eigenvalue weighted by Gasteiger charge is -1.87. The number of carboxylic acid groups (broad SMARTS) is 2. The number of hydrogen-bond donors (Lipinski definition) is 2. The van der Waals surface area contributed by atoms with Gasteiger partial charge in [0.15, 0.2) is 0 Å². The maximum atomic E-state index is 10.1. The van der Waals surface area contributed by atoms with Crippen LogP contribution >= 0.6 is 0 Å². The highest BCUT2D eigenvalue weighted by molar-refractivity contribution is 5.85. The average Bonchev–Trinajstić information content (AvgIpc) is 2.53. The Morgan fingerprint density at radius 2 is 0.955 bits per heavy atom. The van der Waals surface area contributed by atoms with Crippen LogP contribution in [0.2, 0.25) is 0 Å². The average molecular weight is 296 g/mol. The van der Waals surface area contributed by atoms with Gasteiger partial charge in [0, 0.05) is 12.2 Å². The first kappa shape index (κ1) is 16.9. The van der Waals surface area contributed by atoms with Crippen molar-refractivity contribution in [2.45, 2.75) is 0 Å². The van der Waals surface area contributed by atoms with Crippen LogP contribution < -0.4 is 0 Å². The third-order valence-electron chi connectivity index (χ3n) is 2.44. The minimum atomic E-state index is -0.922. The fourth-order valence-electron chi connectivity index (χ4n) is 1.46. The Kier molecular flexibility index (Phi) is 7.47. The van der Waals surface area contributed by atoms with Gasteiger partial charge in [-0.1, -0.05) is 60.7 Å². The summed E-state index contributed by atoms with van der Waals surface area (Å²) in [6.07, 6.45) is 5.36. The van der Waals surface area contributed by atoms with Crippen molar-refractivity contribution < 1.29 is 19.8 Å². The van der Waals surface area contributed by atoms with Gasteiger partial charge < -0.3 is 10.2 Å². The largest absolute Gasteiger partial charge is 0.478 e. The van der Waals surface area contributed by atoms with Gasteiger partial charge in [0.2, 0.25) is 0 Å². The topological polar surface area (TPSA) is 74.6 Å². The molecule has 112 valence electrons. The fourth-order valence-corrected chi connectivity index (χ4v) is 1.46. The lowest BCUT2D eigenvalue weighted by Crippen LogP contribution is -1.85. The monoisotopic (exact) mass is 296 g/mol. The first-order valence-electron chi connectivity index (χ1n) is 6.50. The molecule has 2 N–H and O–H groups in total. The molecule has 2 aromatic rings. The molecule has 0 radical (unpaired) electrons. The van der Waals surface area contributed by atoms with Gasteiger partial charge in [0.05, 0.1) is 0 Å². The molecule has 4 nitrogen and oxygen atoms in total. The number of hydrogen-bond acceptors (Lipinski definition) is 2. The van der Waals surface area contributed by atoms with Crippen LogP contribution in [0.4, 0.5) is 0 Å². The molecule has 0 saturated carbocycles. The predicted molar refractivity (Wildman–Crippen MR) is 86.2 cm³/mol. The molecule has 0 amide bonds. The van der Waals surface area contributed by atoms with Crippen LogP contribution in [0.1, 0.15) is 11.1 Å². The van der Waals surface area contributed by atoms with E-state index in [4.69, 9.17) is 10.2 Å². The predicted octanol–water partition coefficient (Wildman–Crippen LogP) is 3.57. The number of aliphatic carboxylic acids is 2. The molecule has 22 heavy (non-hydrogen) atoms. The minimum absolute atomic E-state index is 0.898. The van der Waals surface area contributed by atoms with Crippen molar-refractivity contribution in [2.24, 2.45) is 0 Å². The van der Waals surface area contributed by atoms with E-state index in [1.165, 1.54) is 0 Å². The van der Waals surface area contributed by atoms with E-state index >= 15 is 0 Å². The summed E-state index contributed by atoms with van der Waals surface area (Å²) in [4.78, 5) is 20.2. The Balaban J connectivity index is 0.000000220. The highest BCUT2D eigenvalue weighted by Gasteiger charge is 1.86. The molecule has 0 aliphatic rings. The van der Waals surface area contributed by atoms with Crippen molar-refractivity contribution in [3.05, 3.63) is 83.9 Å². The normalized spacial score (nSPS) is 10.2. The second kappa shape index (κ2) is 9.72. The molecule has 0 unspecified atom stereocenters. The van der Waals surface area contributed by atoms with E-state index in [0.29, 0.717) is 0 Å². The Bertz CT molecular complexity index is 584. The van der Waals surface area contributed by atoms with E-state index in [-0.39, 0.29) is 0 Å². The smallest absolute Gasteiger partial charge is 0.328 e. The fraction of sp³-hybridized carbons (Fsp3) is 0. The number of benzene rings is 2. The molecule has 0 bridgehead atoms. The van der Waals surface area contributed by atoms with Gasteiger partial charge in [0.25, 0.3) is 0 Å². The maximum Gasteiger partial charge on any atom is 0.328 e. The van der Waals surface area contributed by atoms with E-state index in [1.54, 1.807) is 12.2 Å². The van der Waals surface area contributed by atoms with Crippen molar-refractivity contribution in [3.8, 4) is 0 Å². The van der Waals surface area contributed by atoms with Gasteiger partial charge in [-0.25, -0.2) is 9.59 Å². The van der Waals surface area contributed by atoms with E-state index in [2.05, 4.69) is 0 Å². The molecular weight excluding hydrogens is 280 g/mol. The Labute approximate surface area is 128 Å². The zero-order valence-electron chi connectivity index (χ0n) is 11.8. The van der Waals surface area contributed by atoms with E-state index in [9.17, 15) is 9.59 Å². The van der Waals surface area contributed by atoms with Gasteiger partial charge in [-0.15, -0.1) is 0 Å². The van der Waals surface area contributed by atoms with Crippen LogP contribution in [-0.2, 0) is 9.59 Å². The van der Waals surface area contributed by atoms with Gasteiger partial charge in [-0.3, -0.25) is 0 Å². The zero-order valence-corrected chi connectivity index (χ0v) is 11.8. The Morgan fingerprint density at radius 3 is 1.23 bits per heavy atom. The molecule has 0 fully saturated rings. The van der Waals surface area contributed by atoms with E-state index in [0.717, 1.165) is 23.3 Å². The highest BCUT2D eigenvalue weighted by atomic mass is 16.4. The lowest BCUT2D eigenvalue weighted by atomic mass is 10.2. The second-order valence-electron chi connectivity index (χ2n) is 4.16. The summed E-state index contributed by atoms with van der Waals surface area (Å²) in [5, 5.41) is 16.6. The van der Waals surface area contributed by atoms with Gasteiger partial charge >= 0.3 is 11.9 Å². The standard InChI is InChI=1S/2C9H8O2/c2*10-9(11)7-6-8-4-2-1-3-5-8/h2*1-7H,(H,10,11)/b7-6+;7-6-. The molecular formula is C18H16O4. The number of rotatable bonds is 4. The Hall–Kier alpha value is -3.14. The molecule has 0 aliphatic carbocycles. The summed E-state index contributed by atoms with van der Waals surface area (Å²) in [6, 6.07) is 18.6. The second-order valence-corrected chi connectivity index (χ2v) is 4.16. The van der Waals surface area contributed by atoms with Crippen LogP contribution in [0.3, 0.4) is 0 Å². The van der Waals surface area contributed by atoms with Crippen molar-refractivity contribution >= 4 is 24.1 Å². The SMILES string of the molecule is O=C(O)/C=C/c1ccccc1.O=C(O)/C=C\c1ccccc1. The Morgan fingerprint density at radius 1 is 0.636 bits per heavy atom. The molecule has 0 aromatic heterocycles. The van der Waals surface area contributed by atoms with Crippen LogP contribution in [0.15, 0.2) is 72.8 Å². The maximum absolute atomic E-state index is 10.1. The minimum Gasteiger partial charge on any atom is -0.478 e. The summed E-state index contributed by atoms with van der Waals surface area (Å²) in [5.74, 6) is -1.84. The van der Waals surface area contributed by atoms with Gasteiger partial charge in [-0.05, 0) is 23.3 Å². The third kappa shape index (κ3) is 8.12. The molecule has 0 atom stereocenters. The lowest BCUT2D eigenvalue weighted by molar-refractivity contribution is -0.132. The quantitative estimate of drug-likeness (QED) is 0.846. The molecule has 2 rings (SSSR count). The molecule has 0 spiro atoms. The van der Waals surface area contributed by atoms with Crippen LogP contribution in [0.25, 0.3) is 12.2 Å². The zero-order chi connectivity index (χ0) is 16.2. The molecule has 0 saturated heterocycles. The summed E-state index contributed by atoms with van der Waals surface area (Å²) in [5.41, 5.74) is 1.80. The van der Waals surface area contributed by atoms with Crippen molar-refractivity contribution in [2.75, 3.05) is 0 Å². The molecule has 0 aliphatic heterocycles. The van der Waals surface area contributed by atoms with E-state index < -0.39 is 11.9 Å². The summed E-state index contributed by atoms with van der Waals surface area (Å²) in [7, 11) is 0. The summed E-state index contributed by atoms with van der Waals surface area (Å²) < 4.78 is 0. The number of carboxylic acids is 2. The summed E-state index contributed by atoms with van der Waals surface area (Å²) >= 11 is 0. The van der Waals surface area contributed by atoms with Crippen LogP contribution in [-0.4, -0.2) is 22.2 Å². The first-order chi connectivity index (χ1) is 10.6. The van der Waals surface area contributed by atoms with Crippen molar-refractivity contribution in [1.82, 2.24) is 0 Å². The van der Waals surface area contributed by atoms with E-state index in [1.807, 2.05) is 60.7 Å². The summed E-state index contributed by atoms with van der Waals surface area (Å²) in [6.45, 7) is 0. The van der Waals surface area contributed by atoms with Gasteiger partial charge in [-0.2, -0.15) is 0 Å². The molecule has 0 heterocycles. The first-order valence-corrected chi connectivity index (χ1v) is 6.50. The van der Waals surface area contributed by atoms with Crippen LogP contribution in [0, 0.1) is 0 Å². The number of carbonyl (C=O) groups is 2. The highest BCUT2D eigenvalue weighted by Crippen LogP contribution is 2.00. The molecule has 4 heteroatoms. The molecule has 2 aromatic carbocycles. The van der Waals surface area contributed by atoms with Crippen molar-refractivity contribution in [3.63, 3.8) is 0 Å². The third-order valence-corrected chi connectivity index (χ3v) is 2.44.